The molecule has 0 unspecified atom stereocenters. The quantitative estimate of drug-likeness (QED) is 0.495. The van der Waals surface area contributed by atoms with Crippen molar-refractivity contribution in [2.45, 2.75) is 18.5 Å². The number of rotatable bonds is 0. The van der Waals surface area contributed by atoms with Crippen LogP contribution < -0.4 is 0 Å². The second kappa shape index (κ2) is 1.86. The molecule has 60 valence electrons. The average Bonchev–Trinajstić information content (AvgIpc) is 2.60. The van der Waals surface area contributed by atoms with E-state index in [4.69, 9.17) is 9.47 Å². The number of aliphatic hydroxyl groups excluding tert-OH is 1. The summed E-state index contributed by atoms with van der Waals surface area (Å²) in [6, 6.07) is 0. The number of hydrogen-bond donors (Lipinski definition) is 1. The van der Waals surface area contributed by atoms with E-state index in [1.165, 1.54) is 0 Å². The molecule has 0 aromatic rings. The first-order chi connectivity index (χ1) is 5.36. The summed E-state index contributed by atoms with van der Waals surface area (Å²) in [5.41, 5.74) is 0. The van der Waals surface area contributed by atoms with E-state index in [1.807, 2.05) is 6.08 Å². The van der Waals surface area contributed by atoms with Crippen molar-refractivity contribution in [1.82, 2.24) is 0 Å². The SMILES string of the molecule is O[C@H]1OC[C@@H]2[C@H]1[C@H]1C=C[C@@H]2O1. The third-order valence-electron chi connectivity index (χ3n) is 2.89. The van der Waals surface area contributed by atoms with Crippen molar-refractivity contribution in [2.75, 3.05) is 6.61 Å². The summed E-state index contributed by atoms with van der Waals surface area (Å²) in [6.07, 6.45) is 3.83. The Hall–Kier alpha value is -0.380. The molecular formula is C8H10O3. The number of hydrogen-bond acceptors (Lipinski definition) is 3. The molecule has 3 aliphatic rings. The van der Waals surface area contributed by atoms with E-state index in [1.54, 1.807) is 0 Å². The minimum Gasteiger partial charge on any atom is -0.368 e. The van der Waals surface area contributed by atoms with Gasteiger partial charge in [0.05, 0.1) is 18.8 Å². The average molecular weight is 154 g/mol. The summed E-state index contributed by atoms with van der Waals surface area (Å²) in [4.78, 5) is 0. The summed E-state index contributed by atoms with van der Waals surface area (Å²) < 4.78 is 10.7. The molecule has 0 aliphatic carbocycles. The minimum absolute atomic E-state index is 0.113. The number of ether oxygens (including phenoxy) is 2. The Morgan fingerprint density at radius 1 is 1.27 bits per heavy atom. The number of fused-ring (bicyclic) bond motifs is 5. The summed E-state index contributed by atoms with van der Waals surface area (Å²) in [6.45, 7) is 0.650. The van der Waals surface area contributed by atoms with Crippen molar-refractivity contribution in [3.05, 3.63) is 12.2 Å². The Kier molecular flexibility index (Phi) is 1.04. The van der Waals surface area contributed by atoms with Crippen LogP contribution in [0.1, 0.15) is 0 Å². The predicted molar refractivity (Wildman–Crippen MR) is 36.7 cm³/mol. The predicted octanol–water partition coefficient (Wildman–Crippen LogP) is -0.0954. The Morgan fingerprint density at radius 2 is 2.09 bits per heavy atom. The molecule has 3 rings (SSSR count). The molecular weight excluding hydrogens is 144 g/mol. The second-order valence-electron chi connectivity index (χ2n) is 3.42. The molecule has 0 spiro atoms. The van der Waals surface area contributed by atoms with Gasteiger partial charge in [-0.05, 0) is 0 Å². The van der Waals surface area contributed by atoms with E-state index >= 15 is 0 Å². The standard InChI is InChI=1S/C8H10O3/c9-8-7-4(3-10-8)5-1-2-6(7)11-5/h1-2,4-9H,3H2/t4-,5-,6+,7-,8-/m0/s1. The fraction of sp³-hybridized carbons (Fsp3) is 0.750. The van der Waals surface area contributed by atoms with E-state index in [2.05, 4.69) is 6.08 Å². The first-order valence-electron chi connectivity index (χ1n) is 4.00. The molecule has 2 fully saturated rings. The highest BCUT2D eigenvalue weighted by atomic mass is 16.6. The van der Waals surface area contributed by atoms with Gasteiger partial charge < -0.3 is 14.6 Å². The molecule has 0 amide bonds. The van der Waals surface area contributed by atoms with Crippen LogP contribution in [0.25, 0.3) is 0 Å². The molecule has 0 aromatic carbocycles. The van der Waals surface area contributed by atoms with Gasteiger partial charge in [-0.15, -0.1) is 0 Å². The lowest BCUT2D eigenvalue weighted by molar-refractivity contribution is -0.102. The van der Waals surface area contributed by atoms with Gasteiger partial charge in [0.25, 0.3) is 0 Å². The highest BCUT2D eigenvalue weighted by molar-refractivity contribution is 5.16. The first kappa shape index (κ1) is 6.17. The lowest BCUT2D eigenvalue weighted by atomic mass is 9.85. The van der Waals surface area contributed by atoms with Crippen LogP contribution in [0.4, 0.5) is 0 Å². The van der Waals surface area contributed by atoms with Crippen molar-refractivity contribution in [3.63, 3.8) is 0 Å². The van der Waals surface area contributed by atoms with Crippen LogP contribution in [0, 0.1) is 11.8 Å². The lowest BCUT2D eigenvalue weighted by Crippen LogP contribution is -2.27. The van der Waals surface area contributed by atoms with E-state index in [9.17, 15) is 5.11 Å². The topological polar surface area (TPSA) is 38.7 Å². The van der Waals surface area contributed by atoms with Crippen LogP contribution in [0.2, 0.25) is 0 Å². The molecule has 3 heterocycles. The van der Waals surface area contributed by atoms with Crippen LogP contribution in [-0.4, -0.2) is 30.2 Å². The van der Waals surface area contributed by atoms with Gasteiger partial charge in [-0.2, -0.15) is 0 Å². The van der Waals surface area contributed by atoms with Gasteiger partial charge in [0, 0.05) is 11.8 Å². The third-order valence-corrected chi connectivity index (χ3v) is 2.89. The molecule has 0 saturated carbocycles. The van der Waals surface area contributed by atoms with Gasteiger partial charge >= 0.3 is 0 Å². The maximum atomic E-state index is 9.39. The Balaban J connectivity index is 1.97. The van der Waals surface area contributed by atoms with Gasteiger partial charge in [0.2, 0.25) is 0 Å². The Morgan fingerprint density at radius 3 is 2.91 bits per heavy atom. The summed E-state index contributed by atoms with van der Waals surface area (Å²) in [5, 5.41) is 9.39. The molecule has 3 nitrogen and oxygen atoms in total. The van der Waals surface area contributed by atoms with E-state index in [-0.39, 0.29) is 18.1 Å². The lowest BCUT2D eigenvalue weighted by Gasteiger charge is -2.16. The van der Waals surface area contributed by atoms with Crippen LogP contribution in [0.3, 0.4) is 0 Å². The maximum Gasteiger partial charge on any atom is 0.160 e. The monoisotopic (exact) mass is 154 g/mol. The third kappa shape index (κ3) is 0.637. The zero-order chi connectivity index (χ0) is 7.42. The van der Waals surface area contributed by atoms with Gasteiger partial charge in [0.1, 0.15) is 0 Å². The Labute approximate surface area is 64.6 Å². The molecule has 3 heteroatoms. The fourth-order valence-electron chi connectivity index (χ4n) is 2.32. The molecule has 0 radical (unpaired) electrons. The second-order valence-corrected chi connectivity index (χ2v) is 3.42. The van der Waals surface area contributed by atoms with Crippen LogP contribution >= 0.6 is 0 Å². The molecule has 0 aromatic heterocycles. The number of aliphatic hydroxyl groups is 1. The molecule has 1 N–H and O–H groups in total. The summed E-state index contributed by atoms with van der Waals surface area (Å²) in [7, 11) is 0. The Bertz CT molecular complexity index is 213. The van der Waals surface area contributed by atoms with Gasteiger partial charge in [-0.25, -0.2) is 0 Å². The van der Waals surface area contributed by atoms with E-state index in [0.717, 1.165) is 0 Å². The van der Waals surface area contributed by atoms with Crippen molar-refractivity contribution >= 4 is 0 Å². The van der Waals surface area contributed by atoms with Gasteiger partial charge in [-0.3, -0.25) is 0 Å². The van der Waals surface area contributed by atoms with E-state index < -0.39 is 6.29 Å². The summed E-state index contributed by atoms with van der Waals surface area (Å²) in [5.74, 6) is 0.602. The van der Waals surface area contributed by atoms with Crippen molar-refractivity contribution in [1.29, 1.82) is 0 Å². The van der Waals surface area contributed by atoms with E-state index in [0.29, 0.717) is 12.5 Å². The molecule has 11 heavy (non-hydrogen) atoms. The van der Waals surface area contributed by atoms with Crippen molar-refractivity contribution in [2.24, 2.45) is 11.8 Å². The van der Waals surface area contributed by atoms with Crippen LogP contribution in [0.5, 0.6) is 0 Å². The highest BCUT2D eigenvalue weighted by Gasteiger charge is 2.53. The van der Waals surface area contributed by atoms with Crippen molar-refractivity contribution in [3.8, 4) is 0 Å². The zero-order valence-corrected chi connectivity index (χ0v) is 6.01. The molecule has 2 bridgehead atoms. The molecule has 2 saturated heterocycles. The smallest absolute Gasteiger partial charge is 0.160 e. The first-order valence-corrected chi connectivity index (χ1v) is 4.00. The maximum absolute atomic E-state index is 9.39. The molecule has 3 aliphatic heterocycles. The van der Waals surface area contributed by atoms with Crippen LogP contribution in [0.15, 0.2) is 12.2 Å². The van der Waals surface area contributed by atoms with Gasteiger partial charge in [0.15, 0.2) is 6.29 Å². The summed E-state index contributed by atoms with van der Waals surface area (Å²) >= 11 is 0. The highest BCUT2D eigenvalue weighted by Crippen LogP contribution is 2.44. The fourth-order valence-corrected chi connectivity index (χ4v) is 2.32. The van der Waals surface area contributed by atoms with Crippen molar-refractivity contribution < 1.29 is 14.6 Å². The zero-order valence-electron chi connectivity index (χ0n) is 6.01. The van der Waals surface area contributed by atoms with Gasteiger partial charge in [-0.1, -0.05) is 12.2 Å². The molecule has 5 atom stereocenters. The normalized spacial score (nSPS) is 58.8. The minimum atomic E-state index is -0.597. The largest absolute Gasteiger partial charge is 0.368 e. The van der Waals surface area contributed by atoms with Crippen LogP contribution in [-0.2, 0) is 9.47 Å².